The first-order valence-electron chi connectivity index (χ1n) is 17.5. The standard InChI is InChI=1S/C20H31N3O8.C12H11NO.C3H6FNO.C2H6/c1-3-12(2)9-16(25)22-14(6-7-17(26)27)20(31)23-8-4-5-15(23)19(30)21-13(11-24)10-18(28)29;13-12(14)8-9-5-6-10-3-1-2-4-11(10)7-9;4-2-1-3(5)6;1-2/h11-15H,3-10H2,1-2H3,(H,21,30)(H,22,25)(H,26,27)(H,28,29);1-7H,8H2,(H2,13,14);1-2H2,(H2,5,6);1-2H3/t12?,13?,14-,15?;;;/m0.../s1. The van der Waals surface area contributed by atoms with Crippen molar-refractivity contribution >= 4 is 58.5 Å². The molecule has 0 saturated carbocycles. The highest BCUT2D eigenvalue weighted by molar-refractivity contribution is 5.94. The Balaban J connectivity index is 0.000000998. The van der Waals surface area contributed by atoms with E-state index in [-0.39, 0.29) is 50.0 Å². The number of amides is 5. The number of nitrogens with zero attached hydrogens (tertiary/aromatic N) is 1. The van der Waals surface area contributed by atoms with Gasteiger partial charge in [-0.3, -0.25) is 38.0 Å². The van der Waals surface area contributed by atoms with Gasteiger partial charge in [0.1, 0.15) is 18.4 Å². The number of hydrogen-bond donors (Lipinski definition) is 6. The summed E-state index contributed by atoms with van der Waals surface area (Å²) in [5.41, 5.74) is 10.6. The summed E-state index contributed by atoms with van der Waals surface area (Å²) in [6, 6.07) is 10.8. The average molecular weight is 748 g/mol. The number of carbonyl (C=O) groups is 8. The van der Waals surface area contributed by atoms with Gasteiger partial charge in [-0.15, -0.1) is 0 Å². The van der Waals surface area contributed by atoms with E-state index in [1.807, 2.05) is 70.2 Å². The van der Waals surface area contributed by atoms with Gasteiger partial charge in [0.05, 0.1) is 32.0 Å². The highest BCUT2D eigenvalue weighted by atomic mass is 19.1. The van der Waals surface area contributed by atoms with Crippen LogP contribution in [0.2, 0.25) is 0 Å². The third-order valence-corrected chi connectivity index (χ3v) is 7.77. The van der Waals surface area contributed by atoms with Crippen LogP contribution in [0.25, 0.3) is 10.8 Å². The maximum atomic E-state index is 13.1. The summed E-state index contributed by atoms with van der Waals surface area (Å²) in [6.07, 6.45) is 1.20. The number of alkyl halides is 1. The molecular weight excluding hydrogens is 693 g/mol. The van der Waals surface area contributed by atoms with Crippen LogP contribution in [0.3, 0.4) is 0 Å². The number of carbonyl (C=O) groups excluding carboxylic acids is 6. The van der Waals surface area contributed by atoms with Crippen molar-refractivity contribution in [3.05, 3.63) is 48.0 Å². The largest absolute Gasteiger partial charge is 0.481 e. The van der Waals surface area contributed by atoms with Crippen molar-refractivity contribution in [3.8, 4) is 0 Å². The summed E-state index contributed by atoms with van der Waals surface area (Å²) < 4.78 is 10.9. The van der Waals surface area contributed by atoms with E-state index in [4.69, 9.17) is 15.9 Å². The minimum absolute atomic E-state index is 0.0926. The zero-order valence-corrected chi connectivity index (χ0v) is 30.8. The monoisotopic (exact) mass is 747 g/mol. The Morgan fingerprint density at radius 1 is 0.925 bits per heavy atom. The van der Waals surface area contributed by atoms with Crippen LogP contribution in [0.15, 0.2) is 42.5 Å². The topological polar surface area (TPSA) is 256 Å². The number of hydrogen-bond acceptors (Lipinski definition) is 8. The third kappa shape index (κ3) is 19.7. The van der Waals surface area contributed by atoms with Crippen LogP contribution in [0.4, 0.5) is 4.39 Å². The second-order valence-corrected chi connectivity index (χ2v) is 12.0. The predicted molar refractivity (Wildman–Crippen MR) is 196 cm³/mol. The zero-order valence-electron chi connectivity index (χ0n) is 30.8. The second kappa shape index (κ2) is 26.4. The van der Waals surface area contributed by atoms with E-state index in [0.29, 0.717) is 25.5 Å². The van der Waals surface area contributed by atoms with Gasteiger partial charge in [0.2, 0.25) is 29.5 Å². The van der Waals surface area contributed by atoms with E-state index in [1.165, 1.54) is 10.3 Å². The molecule has 1 fully saturated rings. The SMILES string of the molecule is CC.CCC(C)CC(=O)N[C@@H](CCC(=O)O)C(=O)N1CCCC1C(=O)NC(C=O)CC(=O)O.NC(=O)CCF.NC(=O)Cc1ccc2ccccc2c1. The average Bonchev–Trinajstić information content (AvgIpc) is 3.60. The van der Waals surface area contributed by atoms with E-state index in [1.54, 1.807) is 0 Å². The molecule has 0 aromatic heterocycles. The Morgan fingerprint density at radius 2 is 1.57 bits per heavy atom. The summed E-state index contributed by atoms with van der Waals surface area (Å²) in [7, 11) is 0. The Labute approximate surface area is 309 Å². The van der Waals surface area contributed by atoms with E-state index in [9.17, 15) is 42.7 Å². The van der Waals surface area contributed by atoms with E-state index in [0.717, 1.165) is 17.4 Å². The molecule has 15 nitrogen and oxygen atoms in total. The van der Waals surface area contributed by atoms with Gasteiger partial charge >= 0.3 is 11.9 Å². The van der Waals surface area contributed by atoms with E-state index in [2.05, 4.69) is 16.4 Å². The summed E-state index contributed by atoms with van der Waals surface area (Å²) in [6.45, 7) is 7.40. The summed E-state index contributed by atoms with van der Waals surface area (Å²) >= 11 is 0. The summed E-state index contributed by atoms with van der Waals surface area (Å²) in [4.78, 5) is 92.3. The molecule has 3 rings (SSSR count). The first-order valence-corrected chi connectivity index (χ1v) is 17.5. The lowest BCUT2D eigenvalue weighted by Gasteiger charge is -2.29. The van der Waals surface area contributed by atoms with Crippen molar-refractivity contribution < 1.29 is 53.0 Å². The van der Waals surface area contributed by atoms with Crippen LogP contribution in [0.5, 0.6) is 0 Å². The fourth-order valence-corrected chi connectivity index (χ4v) is 4.99. The highest BCUT2D eigenvalue weighted by Gasteiger charge is 2.38. The first kappa shape index (κ1) is 47.6. The zero-order chi connectivity index (χ0) is 40.5. The number of aliphatic carboxylic acids is 2. The molecular formula is C37H54FN5O10. The van der Waals surface area contributed by atoms with Crippen LogP contribution in [-0.2, 0) is 44.8 Å². The number of nitrogens with two attached hydrogens (primary N) is 2. The van der Waals surface area contributed by atoms with Gasteiger partial charge in [-0.25, -0.2) is 0 Å². The van der Waals surface area contributed by atoms with Crippen molar-refractivity contribution in [3.63, 3.8) is 0 Å². The van der Waals surface area contributed by atoms with Gasteiger partial charge in [0.25, 0.3) is 0 Å². The molecule has 0 aliphatic carbocycles. The maximum Gasteiger partial charge on any atom is 0.305 e. The third-order valence-electron chi connectivity index (χ3n) is 7.77. The maximum absolute atomic E-state index is 13.1. The fraction of sp³-hybridized carbons (Fsp3) is 0.514. The lowest BCUT2D eigenvalue weighted by molar-refractivity contribution is -0.144. The Morgan fingerprint density at radius 3 is 2.08 bits per heavy atom. The van der Waals surface area contributed by atoms with Crippen LogP contribution in [0.1, 0.15) is 84.6 Å². The molecule has 8 N–H and O–H groups in total. The normalized spacial score (nSPS) is 14.6. The number of rotatable bonds is 17. The van der Waals surface area contributed by atoms with Crippen molar-refractivity contribution in [1.82, 2.24) is 15.5 Å². The Hall–Kier alpha value is -5.41. The number of nitrogens with one attached hydrogen (secondary N) is 2. The van der Waals surface area contributed by atoms with Gasteiger partial charge in [-0.05, 0) is 41.5 Å². The van der Waals surface area contributed by atoms with Gasteiger partial charge in [0.15, 0.2) is 0 Å². The number of fused-ring (bicyclic) bond motifs is 1. The lowest BCUT2D eigenvalue weighted by atomic mass is 10.0. The molecule has 53 heavy (non-hydrogen) atoms. The number of halogens is 1. The smallest absolute Gasteiger partial charge is 0.305 e. The van der Waals surface area contributed by atoms with Gasteiger partial charge in [0, 0.05) is 19.4 Å². The quantitative estimate of drug-likeness (QED) is 0.129. The molecule has 0 bridgehead atoms. The van der Waals surface area contributed by atoms with Crippen LogP contribution < -0.4 is 22.1 Å². The molecule has 1 aliphatic rings. The molecule has 2 aromatic rings. The minimum Gasteiger partial charge on any atom is -0.481 e. The van der Waals surface area contributed by atoms with Gasteiger partial charge in [-0.2, -0.15) is 0 Å². The molecule has 3 unspecified atom stereocenters. The predicted octanol–water partition coefficient (Wildman–Crippen LogP) is 2.65. The van der Waals surface area contributed by atoms with Crippen molar-refractivity contribution in [2.45, 2.75) is 104 Å². The number of carboxylic acids is 2. The highest BCUT2D eigenvalue weighted by Crippen LogP contribution is 2.21. The fourth-order valence-electron chi connectivity index (χ4n) is 4.99. The molecule has 0 spiro atoms. The molecule has 5 amide bonds. The van der Waals surface area contributed by atoms with Crippen LogP contribution in [-0.4, -0.2) is 94.2 Å². The Kier molecular flexibility index (Phi) is 23.7. The van der Waals surface area contributed by atoms with Gasteiger partial charge in [-0.1, -0.05) is 76.6 Å². The molecule has 1 heterocycles. The molecule has 4 atom stereocenters. The lowest BCUT2D eigenvalue weighted by Crippen LogP contribution is -2.55. The van der Waals surface area contributed by atoms with Crippen LogP contribution >= 0.6 is 0 Å². The summed E-state index contributed by atoms with van der Waals surface area (Å²) in [5, 5.41) is 25.0. The molecule has 0 radical (unpaired) electrons. The number of aldehydes is 1. The van der Waals surface area contributed by atoms with Crippen LogP contribution in [0, 0.1) is 5.92 Å². The first-order chi connectivity index (χ1) is 25.1. The van der Waals surface area contributed by atoms with Gasteiger partial charge < -0.3 is 42.0 Å². The summed E-state index contributed by atoms with van der Waals surface area (Å²) in [5.74, 6) is -4.76. The second-order valence-electron chi connectivity index (χ2n) is 12.0. The molecule has 16 heteroatoms. The number of benzene rings is 2. The number of primary amides is 2. The molecule has 1 saturated heterocycles. The molecule has 1 aliphatic heterocycles. The van der Waals surface area contributed by atoms with Crippen molar-refractivity contribution in [2.24, 2.45) is 17.4 Å². The number of carboxylic acid groups (broad SMARTS) is 2. The van der Waals surface area contributed by atoms with E-state index < -0.39 is 60.9 Å². The van der Waals surface area contributed by atoms with Crippen molar-refractivity contribution in [1.29, 1.82) is 0 Å². The Bertz CT molecular complexity index is 1520. The number of likely N-dealkylation sites (tertiary alicyclic amines) is 1. The van der Waals surface area contributed by atoms with Crippen molar-refractivity contribution in [2.75, 3.05) is 13.2 Å². The minimum atomic E-state index is -1.26. The molecule has 294 valence electrons. The molecule has 2 aromatic carbocycles. The van der Waals surface area contributed by atoms with E-state index >= 15 is 0 Å².